The molecule has 0 fully saturated rings. The Morgan fingerprint density at radius 2 is 2.12 bits per heavy atom. The van der Waals surface area contributed by atoms with Crippen molar-refractivity contribution in [3.05, 3.63) is 35.0 Å². The molecule has 1 nitrogen and oxygen atoms in total. The Bertz CT molecular complexity index is 492. The fraction of sp³-hybridized carbons (Fsp3) is 0.385. The Balaban J connectivity index is 2.39. The average molecular weight is 237 g/mol. The van der Waals surface area contributed by atoms with Crippen LogP contribution >= 0.6 is 11.3 Å². The number of thiophene rings is 1. The minimum absolute atomic E-state index is 0.0606. The molecule has 2 unspecified atom stereocenters. The van der Waals surface area contributed by atoms with Crippen LogP contribution in [0.3, 0.4) is 0 Å². The van der Waals surface area contributed by atoms with Crippen LogP contribution in [-0.2, 0) is 0 Å². The van der Waals surface area contributed by atoms with E-state index in [2.05, 4.69) is 13.8 Å². The first-order valence-corrected chi connectivity index (χ1v) is 6.38. The molecule has 0 radical (unpaired) electrons. The first-order chi connectivity index (χ1) is 7.61. The van der Waals surface area contributed by atoms with E-state index in [0.717, 1.165) is 21.4 Å². The second-order valence-electron chi connectivity index (χ2n) is 4.24. The summed E-state index contributed by atoms with van der Waals surface area (Å²) >= 11 is 1.67. The van der Waals surface area contributed by atoms with Gasteiger partial charge in [0.05, 0.1) is 0 Å². The smallest absolute Gasteiger partial charge is 0.123 e. The summed E-state index contributed by atoms with van der Waals surface area (Å²) < 4.78 is 14.2. The molecule has 2 rings (SSSR count). The monoisotopic (exact) mass is 237 g/mol. The second-order valence-corrected chi connectivity index (χ2v) is 5.36. The van der Waals surface area contributed by atoms with E-state index in [-0.39, 0.29) is 11.9 Å². The molecule has 1 heterocycles. The molecular formula is C13H16FNS. The topological polar surface area (TPSA) is 26.0 Å². The van der Waals surface area contributed by atoms with Crippen molar-refractivity contribution in [1.29, 1.82) is 0 Å². The highest BCUT2D eigenvalue weighted by molar-refractivity contribution is 7.19. The molecule has 0 spiro atoms. The Hall–Kier alpha value is -0.930. The van der Waals surface area contributed by atoms with Crippen LogP contribution in [0.5, 0.6) is 0 Å². The maximum absolute atomic E-state index is 13.0. The Kier molecular flexibility index (Phi) is 3.26. The minimum atomic E-state index is -0.186. The normalized spacial score (nSPS) is 15.2. The van der Waals surface area contributed by atoms with E-state index in [9.17, 15) is 4.39 Å². The van der Waals surface area contributed by atoms with Gasteiger partial charge in [0.1, 0.15) is 5.82 Å². The molecule has 86 valence electrons. The average Bonchev–Trinajstić information content (AvgIpc) is 2.69. The third kappa shape index (κ3) is 2.11. The van der Waals surface area contributed by atoms with E-state index >= 15 is 0 Å². The van der Waals surface area contributed by atoms with E-state index < -0.39 is 0 Å². The number of fused-ring (bicyclic) bond motifs is 1. The molecule has 0 aliphatic heterocycles. The number of benzene rings is 1. The summed E-state index contributed by atoms with van der Waals surface area (Å²) in [4.78, 5) is 1.15. The molecule has 0 bridgehead atoms. The van der Waals surface area contributed by atoms with Crippen molar-refractivity contribution < 1.29 is 4.39 Å². The predicted octanol–water partition coefficient (Wildman–Crippen LogP) is 4.09. The van der Waals surface area contributed by atoms with E-state index in [0.29, 0.717) is 5.92 Å². The lowest BCUT2D eigenvalue weighted by molar-refractivity contribution is 0.462. The summed E-state index contributed by atoms with van der Waals surface area (Å²) in [5, 5.41) is 0.957. The van der Waals surface area contributed by atoms with Gasteiger partial charge in [0, 0.05) is 15.6 Å². The van der Waals surface area contributed by atoms with Crippen LogP contribution in [0, 0.1) is 11.7 Å². The largest absolute Gasteiger partial charge is 0.323 e. The molecule has 2 N–H and O–H groups in total. The maximum atomic E-state index is 13.0. The van der Waals surface area contributed by atoms with Gasteiger partial charge in [0.15, 0.2) is 0 Å². The first kappa shape index (κ1) is 11.6. The molecule has 2 aromatic rings. The van der Waals surface area contributed by atoms with Crippen LogP contribution in [0.1, 0.15) is 31.2 Å². The number of hydrogen-bond donors (Lipinski definition) is 1. The minimum Gasteiger partial charge on any atom is -0.323 e. The summed E-state index contributed by atoms with van der Waals surface area (Å²) in [6.07, 6.45) is 1.06. The highest BCUT2D eigenvalue weighted by atomic mass is 32.1. The Morgan fingerprint density at radius 3 is 2.81 bits per heavy atom. The lowest BCUT2D eigenvalue weighted by Gasteiger charge is -2.16. The molecule has 0 saturated heterocycles. The first-order valence-electron chi connectivity index (χ1n) is 5.56. The lowest BCUT2D eigenvalue weighted by Crippen LogP contribution is -2.16. The molecule has 16 heavy (non-hydrogen) atoms. The van der Waals surface area contributed by atoms with Gasteiger partial charge in [0.2, 0.25) is 0 Å². The Morgan fingerprint density at radius 1 is 1.38 bits per heavy atom. The van der Waals surface area contributed by atoms with Crippen molar-refractivity contribution in [2.24, 2.45) is 11.7 Å². The highest BCUT2D eigenvalue weighted by Gasteiger charge is 2.15. The van der Waals surface area contributed by atoms with Gasteiger partial charge in [-0.15, -0.1) is 11.3 Å². The van der Waals surface area contributed by atoms with E-state index in [1.54, 1.807) is 17.4 Å². The molecule has 2 atom stereocenters. The lowest BCUT2D eigenvalue weighted by atomic mass is 9.98. The van der Waals surface area contributed by atoms with Crippen LogP contribution in [0.2, 0.25) is 0 Å². The van der Waals surface area contributed by atoms with Crippen LogP contribution in [-0.4, -0.2) is 0 Å². The molecule has 0 amide bonds. The van der Waals surface area contributed by atoms with Crippen LogP contribution < -0.4 is 5.73 Å². The zero-order valence-electron chi connectivity index (χ0n) is 9.53. The zero-order chi connectivity index (χ0) is 11.7. The summed E-state index contributed by atoms with van der Waals surface area (Å²) in [6, 6.07) is 6.96. The van der Waals surface area contributed by atoms with Gasteiger partial charge >= 0.3 is 0 Å². The molecule has 1 aromatic heterocycles. The van der Waals surface area contributed by atoms with Crippen molar-refractivity contribution in [2.45, 2.75) is 26.3 Å². The fourth-order valence-corrected chi connectivity index (χ4v) is 2.91. The summed E-state index contributed by atoms with van der Waals surface area (Å²) in [5.41, 5.74) is 6.17. The molecule has 0 saturated carbocycles. The van der Waals surface area contributed by atoms with Crippen molar-refractivity contribution in [3.8, 4) is 0 Å². The van der Waals surface area contributed by atoms with Gasteiger partial charge in [-0.1, -0.05) is 20.3 Å². The highest BCUT2D eigenvalue weighted by Crippen LogP contribution is 2.33. The molecule has 0 aliphatic rings. The third-order valence-corrected chi connectivity index (χ3v) is 4.30. The zero-order valence-corrected chi connectivity index (χ0v) is 10.4. The standard InChI is InChI=1S/C13H16FNS/c1-3-8(2)13(15)12-7-9-6-10(14)4-5-11(9)16-12/h4-8,13H,3,15H2,1-2H3. The summed E-state index contributed by atoms with van der Waals surface area (Å²) in [6.45, 7) is 4.28. The third-order valence-electron chi connectivity index (χ3n) is 3.08. The molecule has 1 aromatic carbocycles. The van der Waals surface area contributed by atoms with Crippen molar-refractivity contribution in [2.75, 3.05) is 0 Å². The fourth-order valence-electron chi connectivity index (χ4n) is 1.73. The van der Waals surface area contributed by atoms with Gasteiger partial charge in [-0.25, -0.2) is 4.39 Å². The number of nitrogens with two attached hydrogens (primary N) is 1. The van der Waals surface area contributed by atoms with Crippen molar-refractivity contribution >= 4 is 21.4 Å². The summed E-state index contributed by atoms with van der Waals surface area (Å²) in [5.74, 6) is 0.270. The second kappa shape index (κ2) is 4.52. The summed E-state index contributed by atoms with van der Waals surface area (Å²) in [7, 11) is 0. The van der Waals surface area contributed by atoms with Crippen LogP contribution in [0.25, 0.3) is 10.1 Å². The van der Waals surface area contributed by atoms with E-state index in [4.69, 9.17) is 5.73 Å². The maximum Gasteiger partial charge on any atom is 0.123 e. The van der Waals surface area contributed by atoms with Gasteiger partial charge < -0.3 is 5.73 Å². The predicted molar refractivity (Wildman–Crippen MR) is 68.2 cm³/mol. The molecule has 3 heteroatoms. The van der Waals surface area contributed by atoms with Crippen molar-refractivity contribution in [3.63, 3.8) is 0 Å². The van der Waals surface area contributed by atoms with Gasteiger partial charge in [-0.2, -0.15) is 0 Å². The van der Waals surface area contributed by atoms with E-state index in [1.165, 1.54) is 6.07 Å². The number of halogens is 1. The van der Waals surface area contributed by atoms with Gasteiger partial charge in [-0.05, 0) is 35.6 Å². The number of hydrogen-bond acceptors (Lipinski definition) is 2. The quantitative estimate of drug-likeness (QED) is 0.855. The van der Waals surface area contributed by atoms with Gasteiger partial charge in [0.25, 0.3) is 0 Å². The SMILES string of the molecule is CCC(C)C(N)c1cc2cc(F)ccc2s1. The van der Waals surface area contributed by atoms with Gasteiger partial charge in [-0.3, -0.25) is 0 Å². The van der Waals surface area contributed by atoms with E-state index in [1.807, 2.05) is 12.1 Å². The number of rotatable bonds is 3. The van der Waals surface area contributed by atoms with Crippen LogP contribution in [0.15, 0.2) is 24.3 Å². The van der Waals surface area contributed by atoms with Crippen LogP contribution in [0.4, 0.5) is 4.39 Å². The van der Waals surface area contributed by atoms with Crippen molar-refractivity contribution in [1.82, 2.24) is 0 Å². The molecule has 0 aliphatic carbocycles. The Labute approximate surface area is 99.1 Å². The molecular weight excluding hydrogens is 221 g/mol.